The Morgan fingerprint density at radius 3 is 2.37 bits per heavy atom. The zero-order chi connectivity index (χ0) is 19.1. The van der Waals surface area contributed by atoms with Crippen LogP contribution in [0.1, 0.15) is 30.9 Å². The highest BCUT2D eigenvalue weighted by molar-refractivity contribution is 7.80. The highest BCUT2D eigenvalue weighted by Crippen LogP contribution is 2.17. The number of nitrogens with one attached hydrogen (secondary N) is 2. The molecule has 2 N–H and O–H groups in total. The van der Waals surface area contributed by atoms with Crippen molar-refractivity contribution in [2.24, 2.45) is 0 Å². The van der Waals surface area contributed by atoms with Crippen LogP contribution in [0.2, 0.25) is 0 Å². The van der Waals surface area contributed by atoms with Gasteiger partial charge in [0, 0.05) is 5.69 Å². The minimum absolute atomic E-state index is 0.554. The molecule has 27 heavy (non-hydrogen) atoms. The predicted octanol–water partition coefficient (Wildman–Crippen LogP) is 3.42. The normalized spacial score (nSPS) is 15.4. The molecule has 0 aromatic heterocycles. The number of hydrogen-bond donors (Lipinski definition) is 2. The van der Waals surface area contributed by atoms with Crippen molar-refractivity contribution in [3.63, 3.8) is 0 Å². The third-order valence-corrected chi connectivity index (χ3v) is 5.46. The molecule has 2 aromatic rings. The highest BCUT2D eigenvalue weighted by atomic mass is 32.1. The van der Waals surface area contributed by atoms with E-state index in [0.29, 0.717) is 5.92 Å². The monoisotopic (exact) mass is 380 g/mol. The van der Waals surface area contributed by atoms with Crippen LogP contribution in [0.15, 0.2) is 60.7 Å². The van der Waals surface area contributed by atoms with Gasteiger partial charge in [-0.2, -0.15) is 0 Å². The zero-order valence-electron chi connectivity index (χ0n) is 16.3. The molecular weight excluding hydrogens is 350 g/mol. The van der Waals surface area contributed by atoms with Gasteiger partial charge in [0.1, 0.15) is 0 Å². The fourth-order valence-corrected chi connectivity index (χ4v) is 3.61. The molecule has 0 saturated carbocycles. The lowest BCUT2D eigenvalue weighted by molar-refractivity contribution is -0.897. The second-order valence-electron chi connectivity index (χ2n) is 7.46. The van der Waals surface area contributed by atoms with Crippen molar-refractivity contribution in [1.29, 1.82) is 0 Å². The summed E-state index contributed by atoms with van der Waals surface area (Å²) in [6.07, 6.45) is 4.50. The lowest BCUT2D eigenvalue weighted by atomic mass is 10.0. The second-order valence-corrected chi connectivity index (χ2v) is 7.85. The Kier molecular flexibility index (Phi) is 7.02. The topological polar surface area (TPSA) is 19.7 Å². The molecule has 4 heteroatoms. The van der Waals surface area contributed by atoms with Crippen LogP contribution >= 0.6 is 12.2 Å². The van der Waals surface area contributed by atoms with Crippen molar-refractivity contribution in [2.75, 3.05) is 38.0 Å². The lowest BCUT2D eigenvalue weighted by Crippen LogP contribution is -3.14. The third kappa shape index (κ3) is 5.91. The highest BCUT2D eigenvalue weighted by Gasteiger charge is 2.20. The van der Waals surface area contributed by atoms with E-state index >= 15 is 0 Å². The molecule has 0 radical (unpaired) electrons. The van der Waals surface area contributed by atoms with Gasteiger partial charge in [-0.15, -0.1) is 0 Å². The van der Waals surface area contributed by atoms with Gasteiger partial charge in [0.25, 0.3) is 0 Å². The smallest absolute Gasteiger partial charge is 0.173 e. The lowest BCUT2D eigenvalue weighted by Gasteiger charge is -2.33. The van der Waals surface area contributed by atoms with E-state index in [4.69, 9.17) is 12.2 Å². The van der Waals surface area contributed by atoms with E-state index in [-0.39, 0.29) is 0 Å². The van der Waals surface area contributed by atoms with Crippen LogP contribution in [-0.2, 0) is 0 Å². The molecule has 0 aliphatic carbocycles. The van der Waals surface area contributed by atoms with Gasteiger partial charge in [-0.1, -0.05) is 62.4 Å². The van der Waals surface area contributed by atoms with E-state index in [1.807, 2.05) is 0 Å². The van der Waals surface area contributed by atoms with Gasteiger partial charge >= 0.3 is 0 Å². The molecule has 1 aliphatic rings. The Morgan fingerprint density at radius 1 is 1.07 bits per heavy atom. The molecule has 0 atom stereocenters. The number of benzene rings is 2. The average molecular weight is 381 g/mol. The minimum Gasteiger partial charge on any atom is -0.338 e. The van der Waals surface area contributed by atoms with Crippen molar-refractivity contribution in [1.82, 2.24) is 4.90 Å². The van der Waals surface area contributed by atoms with Crippen LogP contribution in [-0.4, -0.2) is 42.7 Å². The fourth-order valence-electron chi connectivity index (χ4n) is 3.31. The third-order valence-electron chi connectivity index (χ3n) is 5.10. The standard InChI is InChI=1S/C23H29N3S/c1-19(2)21-10-12-22(13-11-21)24-23(27)26-17-15-25(16-18-26)14-6-9-20-7-4-3-5-8-20/h3-13,19H,14-18H2,1-2H3,(H,24,27)/p+1/b9-6+. The molecule has 1 heterocycles. The van der Waals surface area contributed by atoms with E-state index < -0.39 is 0 Å². The number of nitrogens with zero attached hydrogens (tertiary/aromatic N) is 1. The van der Waals surface area contributed by atoms with Crippen molar-refractivity contribution in [3.05, 3.63) is 71.8 Å². The van der Waals surface area contributed by atoms with Gasteiger partial charge in [0.2, 0.25) is 0 Å². The van der Waals surface area contributed by atoms with Gasteiger partial charge in [-0.25, -0.2) is 0 Å². The fraction of sp³-hybridized carbons (Fsp3) is 0.348. The molecule has 1 saturated heterocycles. The van der Waals surface area contributed by atoms with Gasteiger partial charge in [0.15, 0.2) is 5.11 Å². The Morgan fingerprint density at radius 2 is 1.74 bits per heavy atom. The largest absolute Gasteiger partial charge is 0.338 e. The summed E-state index contributed by atoms with van der Waals surface area (Å²) in [7, 11) is 0. The molecule has 1 fully saturated rings. The average Bonchev–Trinajstić information content (AvgIpc) is 2.70. The maximum atomic E-state index is 5.62. The molecular formula is C23H30N3S+. The van der Waals surface area contributed by atoms with E-state index in [0.717, 1.165) is 43.5 Å². The van der Waals surface area contributed by atoms with Crippen LogP contribution in [0.25, 0.3) is 6.08 Å². The molecule has 2 aromatic carbocycles. The number of piperazine rings is 1. The molecule has 1 aliphatic heterocycles. The van der Waals surface area contributed by atoms with E-state index in [2.05, 4.69) is 90.8 Å². The van der Waals surface area contributed by atoms with Crippen LogP contribution in [0.4, 0.5) is 5.69 Å². The first kappa shape index (κ1) is 19.6. The summed E-state index contributed by atoms with van der Waals surface area (Å²) in [4.78, 5) is 3.90. The van der Waals surface area contributed by atoms with E-state index in [1.165, 1.54) is 11.1 Å². The van der Waals surface area contributed by atoms with Crippen LogP contribution in [0.3, 0.4) is 0 Å². The Labute approximate surface area is 168 Å². The van der Waals surface area contributed by atoms with Crippen LogP contribution < -0.4 is 10.2 Å². The molecule has 3 nitrogen and oxygen atoms in total. The van der Waals surface area contributed by atoms with Crippen molar-refractivity contribution in [2.45, 2.75) is 19.8 Å². The van der Waals surface area contributed by atoms with Gasteiger partial charge in [0.05, 0.1) is 32.7 Å². The zero-order valence-corrected chi connectivity index (χ0v) is 17.1. The minimum atomic E-state index is 0.554. The SMILES string of the molecule is CC(C)c1ccc(NC(=S)N2CC[NH+](C/C=C/c3ccccc3)CC2)cc1. The summed E-state index contributed by atoms with van der Waals surface area (Å²) in [6.45, 7) is 9.74. The predicted molar refractivity (Wildman–Crippen MR) is 119 cm³/mol. The molecule has 3 rings (SSSR count). The second kappa shape index (κ2) is 9.67. The summed E-state index contributed by atoms with van der Waals surface area (Å²) in [5.41, 5.74) is 3.70. The molecule has 142 valence electrons. The van der Waals surface area contributed by atoms with E-state index in [9.17, 15) is 0 Å². The summed E-state index contributed by atoms with van der Waals surface area (Å²) in [5.74, 6) is 0.554. The van der Waals surface area contributed by atoms with Crippen molar-refractivity contribution < 1.29 is 4.90 Å². The summed E-state index contributed by atoms with van der Waals surface area (Å²) >= 11 is 5.62. The van der Waals surface area contributed by atoms with Gasteiger partial charge < -0.3 is 15.1 Å². The number of anilines is 1. The molecule has 0 amide bonds. The summed E-state index contributed by atoms with van der Waals surface area (Å²) in [5, 5.41) is 4.23. The molecule has 0 unspecified atom stereocenters. The Bertz CT molecular complexity index is 745. The maximum absolute atomic E-state index is 5.62. The van der Waals surface area contributed by atoms with Crippen LogP contribution in [0.5, 0.6) is 0 Å². The maximum Gasteiger partial charge on any atom is 0.173 e. The first-order chi connectivity index (χ1) is 13.1. The number of thiocarbonyl (C=S) groups is 1. The number of rotatable bonds is 5. The summed E-state index contributed by atoms with van der Waals surface area (Å²) in [6, 6.07) is 19.1. The molecule has 0 spiro atoms. The first-order valence-electron chi connectivity index (χ1n) is 9.83. The van der Waals surface area contributed by atoms with Crippen LogP contribution in [0, 0.1) is 0 Å². The van der Waals surface area contributed by atoms with Crippen molar-refractivity contribution in [3.8, 4) is 0 Å². The number of hydrogen-bond acceptors (Lipinski definition) is 1. The quantitative estimate of drug-likeness (QED) is 0.776. The van der Waals surface area contributed by atoms with Crippen molar-refractivity contribution >= 4 is 29.1 Å². The Balaban J connectivity index is 1.43. The van der Waals surface area contributed by atoms with Gasteiger partial charge in [-0.3, -0.25) is 0 Å². The van der Waals surface area contributed by atoms with Gasteiger partial charge in [-0.05, 0) is 47.5 Å². The summed E-state index contributed by atoms with van der Waals surface area (Å²) < 4.78 is 0. The van der Waals surface area contributed by atoms with E-state index in [1.54, 1.807) is 4.90 Å². The first-order valence-corrected chi connectivity index (χ1v) is 10.2. The molecule has 0 bridgehead atoms. The number of quaternary nitrogens is 1. The Hall–Kier alpha value is -2.17.